The van der Waals surface area contributed by atoms with Crippen LogP contribution in [0, 0.1) is 6.92 Å². The Kier molecular flexibility index (Phi) is 7.33. The third kappa shape index (κ3) is 5.88. The van der Waals surface area contributed by atoms with Crippen molar-refractivity contribution in [1.82, 2.24) is 34.9 Å². The smallest absolute Gasteiger partial charge is 0.256 e. The number of likely N-dealkylation sites (N-methyl/N-ethyl adjacent to an activating group) is 1. The first-order chi connectivity index (χ1) is 19.8. The van der Waals surface area contributed by atoms with Gasteiger partial charge in [0.05, 0.1) is 6.20 Å². The van der Waals surface area contributed by atoms with E-state index in [1.165, 1.54) is 6.33 Å². The normalized spacial score (nSPS) is 19.5. The Morgan fingerprint density at radius 2 is 1.90 bits per heavy atom. The number of allylic oxidation sites excluding steroid dienone is 1. The van der Waals surface area contributed by atoms with Gasteiger partial charge in [0.15, 0.2) is 17.4 Å². The first-order valence-electron chi connectivity index (χ1n) is 13.8. The molecule has 0 atom stereocenters. The van der Waals surface area contributed by atoms with Gasteiger partial charge >= 0.3 is 0 Å². The summed E-state index contributed by atoms with van der Waals surface area (Å²) in [6, 6.07) is 8.00. The molecule has 4 heterocycles. The predicted molar refractivity (Wildman–Crippen MR) is 158 cm³/mol. The van der Waals surface area contributed by atoms with Gasteiger partial charge in [-0.25, -0.2) is 19.9 Å². The molecular formula is C29H34N10O2. The molecule has 1 aromatic carbocycles. The van der Waals surface area contributed by atoms with Gasteiger partial charge in [0.2, 0.25) is 5.95 Å². The van der Waals surface area contributed by atoms with E-state index in [1.807, 2.05) is 19.9 Å². The number of fused-ring (bicyclic) bond motifs is 1. The predicted octanol–water partition coefficient (Wildman–Crippen LogP) is 3.94. The molecule has 1 aliphatic carbocycles. The fourth-order valence-electron chi connectivity index (χ4n) is 5.14. The maximum Gasteiger partial charge on any atom is 0.256 e. The van der Waals surface area contributed by atoms with Gasteiger partial charge in [0.25, 0.3) is 5.91 Å². The van der Waals surface area contributed by atoms with E-state index < -0.39 is 0 Å². The molecule has 4 aromatic rings. The lowest BCUT2D eigenvalue weighted by molar-refractivity contribution is 0.0656. The van der Waals surface area contributed by atoms with E-state index in [4.69, 9.17) is 9.51 Å². The molecule has 1 amide bonds. The molecule has 1 saturated carbocycles. The van der Waals surface area contributed by atoms with Gasteiger partial charge in [-0.1, -0.05) is 17.8 Å². The highest BCUT2D eigenvalue weighted by Gasteiger charge is 2.35. The number of nitrogens with zero attached hydrogens (tertiary/aromatic N) is 7. The number of nitrogens with one attached hydrogen (secondary N) is 3. The summed E-state index contributed by atoms with van der Waals surface area (Å²) in [4.78, 5) is 36.0. The Morgan fingerprint density at radius 3 is 2.66 bits per heavy atom. The number of anilines is 4. The van der Waals surface area contributed by atoms with Crippen molar-refractivity contribution in [1.29, 1.82) is 0 Å². The average Bonchev–Trinajstić information content (AvgIpc) is 3.41. The molecular weight excluding hydrogens is 520 g/mol. The number of hydrogen-bond donors (Lipinski definition) is 3. The second kappa shape index (κ2) is 11.2. The second-order valence-electron chi connectivity index (χ2n) is 10.9. The zero-order valence-corrected chi connectivity index (χ0v) is 23.5. The minimum Gasteiger partial charge on any atom is -0.354 e. The SMILES string of the molecule is C=C(C)c1cc(NC(=O)c2ccc(C)c(Nc3ncnc4cnc(NC5CC(N6CCN(C)CC6)C5)nc34)c2)no1. The summed E-state index contributed by atoms with van der Waals surface area (Å²) in [6.07, 6.45) is 5.35. The van der Waals surface area contributed by atoms with Crippen LogP contribution in [0.15, 0.2) is 47.9 Å². The van der Waals surface area contributed by atoms with Crippen LogP contribution in [0.5, 0.6) is 0 Å². The van der Waals surface area contributed by atoms with Crippen LogP contribution < -0.4 is 16.0 Å². The molecule has 3 N–H and O–H groups in total. The lowest BCUT2D eigenvalue weighted by Gasteiger charge is -2.46. The number of carbonyl (C=O) groups is 1. The Hall–Kier alpha value is -4.42. The number of carbonyl (C=O) groups excluding carboxylic acids is 1. The van der Waals surface area contributed by atoms with Crippen LogP contribution in [-0.4, -0.2) is 86.1 Å². The number of hydrogen-bond acceptors (Lipinski definition) is 11. The first-order valence-corrected chi connectivity index (χ1v) is 13.8. The highest BCUT2D eigenvalue weighted by Crippen LogP contribution is 2.30. The van der Waals surface area contributed by atoms with Gasteiger partial charge in [-0.05, 0) is 57.0 Å². The first kappa shape index (κ1) is 26.8. The van der Waals surface area contributed by atoms with Crippen LogP contribution in [0.1, 0.15) is 41.4 Å². The highest BCUT2D eigenvalue weighted by atomic mass is 16.5. The molecule has 3 aromatic heterocycles. The number of amides is 1. The van der Waals surface area contributed by atoms with E-state index in [0.717, 1.165) is 55.8 Å². The van der Waals surface area contributed by atoms with Crippen LogP contribution in [0.3, 0.4) is 0 Å². The summed E-state index contributed by atoms with van der Waals surface area (Å²) in [6.45, 7) is 12.1. The lowest BCUT2D eigenvalue weighted by Crippen LogP contribution is -2.55. The molecule has 0 bridgehead atoms. The zero-order valence-electron chi connectivity index (χ0n) is 23.5. The Morgan fingerprint density at radius 1 is 1.10 bits per heavy atom. The number of piperazine rings is 1. The van der Waals surface area contributed by atoms with Crippen molar-refractivity contribution in [3.05, 3.63) is 60.3 Å². The number of aryl methyl sites for hydroxylation is 1. The average molecular weight is 555 g/mol. The van der Waals surface area contributed by atoms with Crippen LogP contribution >= 0.6 is 0 Å². The highest BCUT2D eigenvalue weighted by molar-refractivity contribution is 6.04. The third-order valence-electron chi connectivity index (χ3n) is 7.80. The molecule has 12 heteroatoms. The lowest BCUT2D eigenvalue weighted by atomic mass is 9.85. The molecule has 2 fully saturated rings. The van der Waals surface area contributed by atoms with Crippen molar-refractivity contribution < 1.29 is 9.32 Å². The van der Waals surface area contributed by atoms with Crippen LogP contribution in [0.25, 0.3) is 16.6 Å². The molecule has 0 unspecified atom stereocenters. The molecule has 12 nitrogen and oxygen atoms in total. The minimum atomic E-state index is -0.314. The molecule has 1 saturated heterocycles. The van der Waals surface area contributed by atoms with E-state index in [0.29, 0.717) is 52.0 Å². The maximum atomic E-state index is 12.9. The quantitative estimate of drug-likeness (QED) is 0.292. The van der Waals surface area contributed by atoms with Gasteiger partial charge in [0.1, 0.15) is 17.4 Å². The molecule has 6 rings (SSSR count). The van der Waals surface area contributed by atoms with E-state index in [2.05, 4.69) is 59.5 Å². The topological polar surface area (TPSA) is 137 Å². The van der Waals surface area contributed by atoms with E-state index in [9.17, 15) is 4.79 Å². The van der Waals surface area contributed by atoms with Gasteiger partial charge in [0, 0.05) is 55.6 Å². The molecule has 41 heavy (non-hydrogen) atoms. The molecule has 0 spiro atoms. The van der Waals surface area contributed by atoms with Crippen molar-refractivity contribution in [2.45, 2.75) is 38.8 Å². The summed E-state index contributed by atoms with van der Waals surface area (Å²) in [5.74, 6) is 1.62. The molecule has 1 aliphatic heterocycles. The maximum absolute atomic E-state index is 12.9. The Balaban J connectivity index is 1.15. The van der Waals surface area contributed by atoms with Gasteiger partial charge in [-0.3, -0.25) is 9.69 Å². The van der Waals surface area contributed by atoms with Crippen molar-refractivity contribution in [3.8, 4) is 0 Å². The summed E-state index contributed by atoms with van der Waals surface area (Å²) >= 11 is 0. The van der Waals surface area contributed by atoms with E-state index in [1.54, 1.807) is 24.4 Å². The molecule has 212 valence electrons. The van der Waals surface area contributed by atoms with Crippen molar-refractivity contribution in [2.75, 3.05) is 49.2 Å². The van der Waals surface area contributed by atoms with Gasteiger partial charge in [-0.15, -0.1) is 0 Å². The van der Waals surface area contributed by atoms with Crippen LogP contribution in [0.4, 0.5) is 23.3 Å². The van der Waals surface area contributed by atoms with Crippen molar-refractivity contribution in [3.63, 3.8) is 0 Å². The summed E-state index contributed by atoms with van der Waals surface area (Å²) in [5, 5.41) is 13.5. The van der Waals surface area contributed by atoms with Crippen molar-refractivity contribution >= 4 is 45.8 Å². The van der Waals surface area contributed by atoms with Crippen molar-refractivity contribution in [2.24, 2.45) is 0 Å². The standard InChI is InChI=1S/C29H34N10O2/c1-17(2)24-14-25(37-41-24)35-28(40)19-6-5-18(3)22(11-19)34-27-26-23(31-16-32-27)15-30-29(36-26)33-20-12-21(13-20)39-9-7-38(4)8-10-39/h5-6,11,14-16,20-21H,1,7-10,12-13H2,2-4H3,(H,30,33,36)(H,31,32,34)(H,35,37,40). The fraction of sp³-hybridized carbons (Fsp3) is 0.379. The summed E-state index contributed by atoms with van der Waals surface area (Å²) in [5.41, 5.74) is 4.07. The van der Waals surface area contributed by atoms with E-state index >= 15 is 0 Å². The Bertz CT molecular complexity index is 1590. The zero-order chi connectivity index (χ0) is 28.5. The van der Waals surface area contributed by atoms with E-state index in [-0.39, 0.29) is 5.91 Å². The summed E-state index contributed by atoms with van der Waals surface area (Å²) < 4.78 is 5.19. The summed E-state index contributed by atoms with van der Waals surface area (Å²) in [7, 11) is 2.18. The largest absolute Gasteiger partial charge is 0.354 e. The second-order valence-corrected chi connectivity index (χ2v) is 10.9. The Labute approximate surface area is 238 Å². The van der Waals surface area contributed by atoms with Gasteiger partial charge in [-0.2, -0.15) is 0 Å². The number of benzene rings is 1. The fourth-order valence-corrected chi connectivity index (χ4v) is 5.14. The molecule has 0 radical (unpaired) electrons. The van der Waals surface area contributed by atoms with Crippen LogP contribution in [0.2, 0.25) is 0 Å². The molecule has 2 aliphatic rings. The van der Waals surface area contributed by atoms with Crippen LogP contribution in [-0.2, 0) is 0 Å². The number of aromatic nitrogens is 5. The minimum absolute atomic E-state index is 0.314. The monoisotopic (exact) mass is 554 g/mol. The third-order valence-corrected chi connectivity index (χ3v) is 7.80. The van der Waals surface area contributed by atoms with Gasteiger partial charge < -0.3 is 25.4 Å². The number of rotatable bonds is 8.